The van der Waals surface area contributed by atoms with Crippen molar-refractivity contribution < 1.29 is 9.18 Å². The Balaban J connectivity index is 2.83. The minimum atomic E-state index is -0.493. The molecule has 0 radical (unpaired) electrons. The Bertz CT molecular complexity index is 417. The molecular formula is C13H18ClFN2O. The molecule has 0 spiro atoms. The minimum Gasteiger partial charge on any atom is -0.349 e. The van der Waals surface area contributed by atoms with Crippen LogP contribution in [0, 0.1) is 11.7 Å². The number of benzene rings is 1. The van der Waals surface area contributed by atoms with Crippen LogP contribution in [0.4, 0.5) is 4.39 Å². The van der Waals surface area contributed by atoms with Crippen molar-refractivity contribution in [3.8, 4) is 0 Å². The molecule has 3 atom stereocenters. The molecule has 1 aromatic rings. The molecule has 0 aromatic heterocycles. The number of halogens is 2. The third-order valence-electron chi connectivity index (χ3n) is 2.99. The van der Waals surface area contributed by atoms with Crippen molar-refractivity contribution in [3.05, 3.63) is 34.6 Å². The van der Waals surface area contributed by atoms with E-state index in [2.05, 4.69) is 5.32 Å². The Kier molecular flexibility index (Phi) is 5.11. The first kappa shape index (κ1) is 14.9. The quantitative estimate of drug-likeness (QED) is 0.885. The zero-order valence-corrected chi connectivity index (χ0v) is 11.5. The van der Waals surface area contributed by atoms with Crippen LogP contribution in [0.2, 0.25) is 5.02 Å². The van der Waals surface area contributed by atoms with Crippen molar-refractivity contribution in [2.24, 2.45) is 11.7 Å². The smallest absolute Gasteiger partial charge is 0.224 e. The molecule has 0 aliphatic carbocycles. The Hall–Kier alpha value is -1.13. The third-order valence-corrected chi connectivity index (χ3v) is 3.32. The van der Waals surface area contributed by atoms with Gasteiger partial charge >= 0.3 is 0 Å². The van der Waals surface area contributed by atoms with Crippen LogP contribution in [0.3, 0.4) is 0 Å². The third kappa shape index (κ3) is 3.43. The Morgan fingerprint density at radius 2 is 2.00 bits per heavy atom. The summed E-state index contributed by atoms with van der Waals surface area (Å²) < 4.78 is 13.7. The van der Waals surface area contributed by atoms with E-state index in [4.69, 9.17) is 17.3 Å². The lowest BCUT2D eigenvalue weighted by Crippen LogP contribution is -2.39. The van der Waals surface area contributed by atoms with E-state index in [1.807, 2.05) is 0 Å². The highest BCUT2D eigenvalue weighted by atomic mass is 35.5. The van der Waals surface area contributed by atoms with E-state index in [0.29, 0.717) is 10.6 Å². The molecule has 1 aromatic carbocycles. The number of amides is 1. The molecule has 0 fully saturated rings. The maximum absolute atomic E-state index is 13.7. The van der Waals surface area contributed by atoms with Gasteiger partial charge in [0.25, 0.3) is 0 Å². The van der Waals surface area contributed by atoms with Crippen LogP contribution in [0.15, 0.2) is 18.2 Å². The summed E-state index contributed by atoms with van der Waals surface area (Å²) in [7, 11) is 0. The second-order valence-electron chi connectivity index (χ2n) is 4.51. The van der Waals surface area contributed by atoms with E-state index in [0.717, 1.165) is 0 Å². The fourth-order valence-electron chi connectivity index (χ4n) is 1.58. The largest absolute Gasteiger partial charge is 0.349 e. The molecule has 3 N–H and O–H groups in total. The Morgan fingerprint density at radius 3 is 2.50 bits per heavy atom. The maximum atomic E-state index is 13.7. The van der Waals surface area contributed by atoms with Crippen molar-refractivity contribution in [1.82, 2.24) is 5.32 Å². The predicted octanol–water partition coefficient (Wildman–Crippen LogP) is 2.64. The van der Waals surface area contributed by atoms with Crippen LogP contribution < -0.4 is 11.1 Å². The minimum absolute atomic E-state index is 0.211. The number of carbonyl (C=O) groups is 1. The first-order valence-electron chi connectivity index (χ1n) is 5.84. The van der Waals surface area contributed by atoms with Crippen LogP contribution in [0.1, 0.15) is 32.4 Å². The fraction of sp³-hybridized carbons (Fsp3) is 0.462. The van der Waals surface area contributed by atoms with Gasteiger partial charge in [0.05, 0.1) is 6.04 Å². The number of nitrogens with one attached hydrogen (secondary N) is 1. The van der Waals surface area contributed by atoms with Crippen LogP contribution in [0.25, 0.3) is 0 Å². The molecule has 0 aliphatic rings. The molecule has 0 bridgehead atoms. The van der Waals surface area contributed by atoms with Gasteiger partial charge in [-0.1, -0.05) is 24.6 Å². The van der Waals surface area contributed by atoms with Crippen LogP contribution >= 0.6 is 11.6 Å². The molecular weight excluding hydrogens is 255 g/mol. The topological polar surface area (TPSA) is 55.1 Å². The highest BCUT2D eigenvalue weighted by Gasteiger charge is 2.21. The van der Waals surface area contributed by atoms with Crippen molar-refractivity contribution in [2.75, 3.05) is 0 Å². The summed E-state index contributed by atoms with van der Waals surface area (Å²) >= 11 is 5.93. The summed E-state index contributed by atoms with van der Waals surface area (Å²) in [5.41, 5.74) is 5.95. The molecule has 1 amide bonds. The van der Waals surface area contributed by atoms with Crippen molar-refractivity contribution in [1.29, 1.82) is 0 Å². The Morgan fingerprint density at radius 1 is 1.39 bits per heavy atom. The molecule has 3 unspecified atom stereocenters. The monoisotopic (exact) mass is 272 g/mol. The van der Waals surface area contributed by atoms with Crippen LogP contribution in [0.5, 0.6) is 0 Å². The number of carbonyl (C=O) groups excluding carboxylic acids is 1. The van der Waals surface area contributed by atoms with Gasteiger partial charge in [0.1, 0.15) is 5.82 Å². The van der Waals surface area contributed by atoms with E-state index in [9.17, 15) is 9.18 Å². The van der Waals surface area contributed by atoms with Crippen LogP contribution in [-0.2, 0) is 4.79 Å². The zero-order valence-electron chi connectivity index (χ0n) is 10.7. The SMILES string of the molecule is CC(NC(=O)C(C)C(C)N)c1c(F)cccc1Cl. The van der Waals surface area contributed by atoms with Crippen LogP contribution in [-0.4, -0.2) is 11.9 Å². The summed E-state index contributed by atoms with van der Waals surface area (Å²) in [6, 6.07) is 3.69. The van der Waals surface area contributed by atoms with Gasteiger partial charge in [0, 0.05) is 22.5 Å². The molecule has 0 saturated carbocycles. The number of hydrogen-bond acceptors (Lipinski definition) is 2. The molecule has 3 nitrogen and oxygen atoms in total. The second kappa shape index (κ2) is 6.16. The zero-order chi connectivity index (χ0) is 13.9. The summed E-state index contributed by atoms with van der Waals surface area (Å²) in [6.45, 7) is 5.18. The summed E-state index contributed by atoms with van der Waals surface area (Å²) in [6.07, 6.45) is 0. The van der Waals surface area contributed by atoms with Gasteiger partial charge in [-0.3, -0.25) is 4.79 Å². The lowest BCUT2D eigenvalue weighted by atomic mass is 10.0. The van der Waals surface area contributed by atoms with Crippen molar-refractivity contribution in [2.45, 2.75) is 32.9 Å². The number of hydrogen-bond donors (Lipinski definition) is 2. The fourth-order valence-corrected chi connectivity index (χ4v) is 1.91. The van der Waals surface area contributed by atoms with E-state index >= 15 is 0 Å². The van der Waals surface area contributed by atoms with E-state index in [1.165, 1.54) is 12.1 Å². The second-order valence-corrected chi connectivity index (χ2v) is 4.92. The van der Waals surface area contributed by atoms with Gasteiger partial charge in [0.2, 0.25) is 5.91 Å². The molecule has 1 rings (SSSR count). The van der Waals surface area contributed by atoms with E-state index in [1.54, 1.807) is 26.8 Å². The maximum Gasteiger partial charge on any atom is 0.224 e. The number of rotatable bonds is 4. The van der Waals surface area contributed by atoms with Crippen molar-refractivity contribution in [3.63, 3.8) is 0 Å². The van der Waals surface area contributed by atoms with Gasteiger partial charge in [-0.15, -0.1) is 0 Å². The van der Waals surface area contributed by atoms with Gasteiger partial charge < -0.3 is 11.1 Å². The first-order valence-corrected chi connectivity index (χ1v) is 6.22. The standard InChI is InChI=1S/C13H18ClFN2O/c1-7(8(2)16)13(18)17-9(3)12-10(14)5-4-6-11(12)15/h4-9H,16H2,1-3H3,(H,17,18). The first-order chi connectivity index (χ1) is 8.34. The predicted molar refractivity (Wildman–Crippen MR) is 70.8 cm³/mol. The van der Waals surface area contributed by atoms with Gasteiger partial charge in [0.15, 0.2) is 0 Å². The molecule has 100 valence electrons. The molecule has 0 aliphatic heterocycles. The summed E-state index contributed by atoms with van der Waals surface area (Å²) in [5, 5.41) is 3.02. The highest BCUT2D eigenvalue weighted by Crippen LogP contribution is 2.25. The lowest BCUT2D eigenvalue weighted by molar-refractivity contribution is -0.125. The summed E-state index contributed by atoms with van der Waals surface area (Å²) in [4.78, 5) is 11.8. The van der Waals surface area contributed by atoms with E-state index in [-0.39, 0.29) is 17.9 Å². The molecule has 0 saturated heterocycles. The average Bonchev–Trinajstić information content (AvgIpc) is 2.27. The van der Waals surface area contributed by atoms with E-state index < -0.39 is 11.9 Å². The van der Waals surface area contributed by atoms with Gasteiger partial charge in [-0.05, 0) is 26.0 Å². The summed E-state index contributed by atoms with van der Waals surface area (Å²) in [5.74, 6) is -0.974. The normalized spacial score (nSPS) is 15.9. The highest BCUT2D eigenvalue weighted by molar-refractivity contribution is 6.31. The number of nitrogens with two attached hydrogens (primary N) is 1. The van der Waals surface area contributed by atoms with Crippen molar-refractivity contribution >= 4 is 17.5 Å². The lowest BCUT2D eigenvalue weighted by Gasteiger charge is -2.21. The van der Waals surface area contributed by atoms with Gasteiger partial charge in [-0.25, -0.2) is 4.39 Å². The molecule has 0 heterocycles. The molecule has 18 heavy (non-hydrogen) atoms. The van der Waals surface area contributed by atoms with Gasteiger partial charge in [-0.2, -0.15) is 0 Å². The Labute approximate surface area is 112 Å². The molecule has 5 heteroatoms. The average molecular weight is 273 g/mol.